The highest BCUT2D eigenvalue weighted by Gasteiger charge is 2.28. The topological polar surface area (TPSA) is 95.4 Å². The molecule has 1 aliphatic carbocycles. The molecule has 124 valence electrons. The summed E-state index contributed by atoms with van der Waals surface area (Å²) in [7, 11) is 1.89. The summed E-state index contributed by atoms with van der Waals surface area (Å²) in [6.45, 7) is 0. The number of aryl methyl sites for hydroxylation is 1. The Morgan fingerprint density at radius 1 is 1.20 bits per heavy atom. The Labute approximate surface area is 142 Å². The van der Waals surface area contributed by atoms with E-state index in [1.165, 1.54) is 12.8 Å². The predicted octanol–water partition coefficient (Wildman–Crippen LogP) is 2.28. The normalized spacial score (nSPS) is 14.3. The maximum Gasteiger partial charge on any atom is 0.279 e. The van der Waals surface area contributed by atoms with Crippen LogP contribution in [-0.4, -0.2) is 35.1 Å². The molecule has 0 saturated heterocycles. The van der Waals surface area contributed by atoms with Gasteiger partial charge in [0.1, 0.15) is 5.82 Å². The lowest BCUT2D eigenvalue weighted by Gasteiger charge is -1.99. The van der Waals surface area contributed by atoms with Crippen molar-refractivity contribution in [3.8, 4) is 11.6 Å². The van der Waals surface area contributed by atoms with Crippen molar-refractivity contribution in [2.45, 2.75) is 25.2 Å². The average molecular weight is 333 g/mol. The van der Waals surface area contributed by atoms with Gasteiger partial charge in [-0.1, -0.05) is 29.4 Å². The van der Waals surface area contributed by atoms with Crippen LogP contribution in [0.4, 0.5) is 0 Å². The highest BCUT2D eigenvalue weighted by molar-refractivity contribution is 5.91. The fourth-order valence-corrected chi connectivity index (χ4v) is 2.86. The van der Waals surface area contributed by atoms with Crippen molar-refractivity contribution in [3.05, 3.63) is 47.9 Å². The summed E-state index contributed by atoms with van der Waals surface area (Å²) in [5.74, 6) is 3.19. The number of rotatable bonds is 4. The first-order chi connectivity index (χ1) is 12.3. The molecule has 25 heavy (non-hydrogen) atoms. The smallest absolute Gasteiger partial charge is 0.279 e. The largest absolute Gasteiger partial charge is 0.332 e. The molecule has 4 aromatic rings. The second-order valence-electron chi connectivity index (χ2n) is 6.26. The van der Waals surface area contributed by atoms with Crippen LogP contribution in [0.2, 0.25) is 0 Å². The molecule has 5 rings (SSSR count). The zero-order valence-electron chi connectivity index (χ0n) is 13.6. The molecule has 8 nitrogen and oxygen atoms in total. The first-order valence-electron chi connectivity index (χ1n) is 8.21. The van der Waals surface area contributed by atoms with Gasteiger partial charge >= 0.3 is 0 Å². The van der Waals surface area contributed by atoms with Gasteiger partial charge in [0.05, 0.1) is 12.6 Å². The van der Waals surface area contributed by atoms with Gasteiger partial charge in [-0.05, 0) is 12.8 Å². The van der Waals surface area contributed by atoms with Crippen LogP contribution in [0.15, 0.2) is 35.0 Å². The zero-order valence-corrected chi connectivity index (χ0v) is 13.6. The minimum absolute atomic E-state index is 0.365. The lowest BCUT2D eigenvalue weighted by Crippen LogP contribution is -2.01. The maximum absolute atomic E-state index is 5.42. The highest BCUT2D eigenvalue weighted by atomic mass is 16.5. The van der Waals surface area contributed by atoms with E-state index in [1.807, 2.05) is 31.3 Å². The van der Waals surface area contributed by atoms with Gasteiger partial charge in [0, 0.05) is 23.7 Å². The third kappa shape index (κ3) is 2.55. The Morgan fingerprint density at radius 2 is 2.08 bits per heavy atom. The van der Waals surface area contributed by atoms with E-state index in [0.717, 1.165) is 22.4 Å². The van der Waals surface area contributed by atoms with Crippen LogP contribution in [0.3, 0.4) is 0 Å². The quantitative estimate of drug-likeness (QED) is 0.565. The molecule has 3 heterocycles. The summed E-state index contributed by atoms with van der Waals surface area (Å²) in [5.41, 5.74) is 0.591. The van der Waals surface area contributed by atoms with Crippen LogP contribution in [-0.2, 0) is 13.5 Å². The van der Waals surface area contributed by atoms with Crippen molar-refractivity contribution in [2.24, 2.45) is 7.05 Å². The monoisotopic (exact) mass is 333 g/mol. The molecule has 3 aromatic heterocycles. The molecule has 0 spiro atoms. The van der Waals surface area contributed by atoms with Gasteiger partial charge in [-0.25, -0.2) is 4.98 Å². The standard InChI is InChI=1S/C17H15N7O/c1-24-14(20-16(22-24)10-6-7-10)8-13-19-17(25-23-13)15-12-5-3-2-4-11(12)9-18-21-15/h2-5,9-10H,6-8H2,1H3. The molecule has 1 saturated carbocycles. The van der Waals surface area contributed by atoms with Gasteiger partial charge in [0.15, 0.2) is 17.3 Å². The first-order valence-corrected chi connectivity index (χ1v) is 8.21. The van der Waals surface area contributed by atoms with Gasteiger partial charge in [0.2, 0.25) is 0 Å². The van der Waals surface area contributed by atoms with Gasteiger partial charge in [-0.2, -0.15) is 15.2 Å². The molecule has 1 aliphatic rings. The van der Waals surface area contributed by atoms with E-state index in [1.54, 1.807) is 10.9 Å². The number of hydrogen-bond donors (Lipinski definition) is 0. The predicted molar refractivity (Wildman–Crippen MR) is 88.6 cm³/mol. The van der Waals surface area contributed by atoms with Crippen LogP contribution in [0.25, 0.3) is 22.4 Å². The highest BCUT2D eigenvalue weighted by Crippen LogP contribution is 2.38. The van der Waals surface area contributed by atoms with Crippen LogP contribution >= 0.6 is 0 Å². The SMILES string of the molecule is Cn1nc(C2CC2)nc1Cc1noc(-c2nncc3ccccc23)n1. The fourth-order valence-electron chi connectivity index (χ4n) is 2.86. The molecule has 8 heteroatoms. The summed E-state index contributed by atoms with van der Waals surface area (Å²) < 4.78 is 7.21. The molecule has 0 radical (unpaired) electrons. The van der Waals surface area contributed by atoms with Crippen molar-refractivity contribution < 1.29 is 4.52 Å². The van der Waals surface area contributed by atoms with Crippen molar-refractivity contribution in [1.29, 1.82) is 0 Å². The molecule has 0 bridgehead atoms. The van der Waals surface area contributed by atoms with E-state index in [9.17, 15) is 0 Å². The molecule has 1 aromatic carbocycles. The molecular formula is C17H15N7O. The molecule has 0 N–H and O–H groups in total. The van der Waals surface area contributed by atoms with Crippen molar-refractivity contribution >= 4 is 10.8 Å². The third-order valence-corrected chi connectivity index (χ3v) is 4.37. The Hall–Kier alpha value is -3.16. The molecule has 0 atom stereocenters. The van der Waals surface area contributed by atoms with Gasteiger partial charge < -0.3 is 4.52 Å². The van der Waals surface area contributed by atoms with Crippen molar-refractivity contribution in [2.75, 3.05) is 0 Å². The van der Waals surface area contributed by atoms with E-state index in [2.05, 4.69) is 30.4 Å². The number of aromatic nitrogens is 7. The number of benzene rings is 1. The summed E-state index contributed by atoms with van der Waals surface area (Å²) in [5, 5.41) is 18.6. The van der Waals surface area contributed by atoms with Gasteiger partial charge in [-0.15, -0.1) is 5.10 Å². The van der Waals surface area contributed by atoms with E-state index in [4.69, 9.17) is 4.52 Å². The summed E-state index contributed by atoms with van der Waals surface area (Å²) >= 11 is 0. The number of fused-ring (bicyclic) bond motifs is 1. The second kappa shape index (κ2) is 5.44. The van der Waals surface area contributed by atoms with E-state index >= 15 is 0 Å². The second-order valence-corrected chi connectivity index (χ2v) is 6.26. The molecular weight excluding hydrogens is 318 g/mol. The Bertz CT molecular complexity index is 1060. The van der Waals surface area contributed by atoms with Gasteiger partial charge in [0.25, 0.3) is 5.89 Å². The van der Waals surface area contributed by atoms with Crippen LogP contribution in [0.1, 0.15) is 36.2 Å². The minimum atomic E-state index is 0.365. The molecule has 1 fully saturated rings. The first kappa shape index (κ1) is 14.2. The van der Waals surface area contributed by atoms with Crippen molar-refractivity contribution in [1.82, 2.24) is 35.1 Å². The van der Waals surface area contributed by atoms with Gasteiger partial charge in [-0.3, -0.25) is 4.68 Å². The lowest BCUT2D eigenvalue weighted by atomic mass is 10.1. The number of nitrogens with zero attached hydrogens (tertiary/aromatic N) is 7. The molecule has 0 amide bonds. The zero-order chi connectivity index (χ0) is 16.8. The maximum atomic E-state index is 5.42. The van der Waals surface area contributed by atoms with Crippen LogP contribution in [0, 0.1) is 0 Å². The summed E-state index contributed by atoms with van der Waals surface area (Å²) in [6.07, 6.45) is 4.54. The Kier molecular flexibility index (Phi) is 3.09. The van der Waals surface area contributed by atoms with Crippen molar-refractivity contribution in [3.63, 3.8) is 0 Å². The minimum Gasteiger partial charge on any atom is -0.332 e. The Morgan fingerprint density at radius 3 is 2.96 bits per heavy atom. The third-order valence-electron chi connectivity index (χ3n) is 4.37. The Balaban J connectivity index is 1.47. The molecule has 0 aliphatic heterocycles. The van der Waals surface area contributed by atoms with E-state index in [-0.39, 0.29) is 0 Å². The molecule has 0 unspecified atom stereocenters. The summed E-state index contributed by atoms with van der Waals surface area (Å²) in [4.78, 5) is 9.08. The lowest BCUT2D eigenvalue weighted by molar-refractivity contribution is 0.422. The van der Waals surface area contributed by atoms with Crippen LogP contribution in [0.5, 0.6) is 0 Å². The number of hydrogen-bond acceptors (Lipinski definition) is 7. The fraction of sp³-hybridized carbons (Fsp3) is 0.294. The van der Waals surface area contributed by atoms with E-state index < -0.39 is 0 Å². The summed E-state index contributed by atoms with van der Waals surface area (Å²) in [6, 6.07) is 7.85. The van der Waals surface area contributed by atoms with Crippen LogP contribution < -0.4 is 0 Å². The van der Waals surface area contributed by atoms with E-state index in [0.29, 0.717) is 29.7 Å². The average Bonchev–Trinajstić information content (AvgIpc) is 3.29.